The van der Waals surface area contributed by atoms with Crippen molar-refractivity contribution in [3.63, 3.8) is 0 Å². The maximum atomic E-state index is 6.07. The van der Waals surface area contributed by atoms with E-state index in [9.17, 15) is 0 Å². The molecule has 0 bridgehead atoms. The number of hydrogen-bond acceptors (Lipinski definition) is 4. The fourth-order valence-electron chi connectivity index (χ4n) is 1.57. The number of hydrogen-bond donors (Lipinski definition) is 2. The highest BCUT2D eigenvalue weighted by atomic mass is 35.5. The van der Waals surface area contributed by atoms with Crippen LogP contribution in [0.4, 0.5) is 17.3 Å². The summed E-state index contributed by atoms with van der Waals surface area (Å²) in [6.07, 6.45) is 3.38. The molecular formula is C13H15ClN4. The first-order chi connectivity index (χ1) is 8.70. The Labute approximate surface area is 111 Å². The summed E-state index contributed by atoms with van der Waals surface area (Å²) < 4.78 is 0. The summed E-state index contributed by atoms with van der Waals surface area (Å²) in [5.41, 5.74) is 1.93. The highest BCUT2D eigenvalue weighted by Gasteiger charge is 2.04. The quantitative estimate of drug-likeness (QED) is 0.884. The molecule has 1 aromatic heterocycles. The molecule has 5 heteroatoms. The van der Waals surface area contributed by atoms with Gasteiger partial charge in [0, 0.05) is 17.3 Å². The van der Waals surface area contributed by atoms with Crippen LogP contribution in [0, 0.1) is 6.92 Å². The molecule has 0 spiro atoms. The average molecular weight is 263 g/mol. The minimum Gasteiger partial charge on any atom is -0.369 e. The molecule has 2 rings (SSSR count). The van der Waals surface area contributed by atoms with Crippen LogP contribution in [0.15, 0.2) is 30.6 Å². The van der Waals surface area contributed by atoms with Crippen LogP contribution in [0.5, 0.6) is 0 Å². The first-order valence-electron chi connectivity index (χ1n) is 5.78. The third-order valence-corrected chi connectivity index (χ3v) is 2.93. The molecule has 0 atom stereocenters. The zero-order valence-corrected chi connectivity index (χ0v) is 11.1. The van der Waals surface area contributed by atoms with Gasteiger partial charge in [-0.1, -0.05) is 17.7 Å². The van der Waals surface area contributed by atoms with E-state index in [0.29, 0.717) is 5.82 Å². The fourth-order valence-corrected chi connectivity index (χ4v) is 1.75. The molecule has 0 aliphatic heterocycles. The molecule has 0 aliphatic carbocycles. The molecule has 2 N–H and O–H groups in total. The summed E-state index contributed by atoms with van der Waals surface area (Å²) in [4.78, 5) is 8.53. The van der Waals surface area contributed by atoms with E-state index < -0.39 is 0 Å². The highest BCUT2D eigenvalue weighted by molar-refractivity contribution is 6.31. The molecule has 0 saturated carbocycles. The molecule has 94 valence electrons. The largest absolute Gasteiger partial charge is 0.369 e. The lowest BCUT2D eigenvalue weighted by atomic mass is 10.2. The molecule has 0 unspecified atom stereocenters. The molecule has 0 fully saturated rings. The second kappa shape index (κ2) is 5.69. The molecule has 0 aliphatic rings. The Morgan fingerprint density at radius 1 is 1.22 bits per heavy atom. The minimum atomic E-state index is 0.693. The second-order valence-corrected chi connectivity index (χ2v) is 4.26. The second-order valence-electron chi connectivity index (χ2n) is 3.86. The number of benzene rings is 1. The van der Waals surface area contributed by atoms with Crippen molar-refractivity contribution in [1.29, 1.82) is 0 Å². The fraction of sp³-hybridized carbons (Fsp3) is 0.231. The summed E-state index contributed by atoms with van der Waals surface area (Å²) >= 11 is 6.07. The van der Waals surface area contributed by atoms with Crippen molar-refractivity contribution in [2.45, 2.75) is 13.8 Å². The molecule has 0 radical (unpaired) electrons. The number of anilines is 3. The summed E-state index contributed by atoms with van der Waals surface area (Å²) in [6.45, 7) is 4.80. The van der Waals surface area contributed by atoms with Crippen LogP contribution in [-0.4, -0.2) is 16.5 Å². The maximum Gasteiger partial charge on any atom is 0.151 e. The van der Waals surface area contributed by atoms with Crippen molar-refractivity contribution in [3.05, 3.63) is 41.2 Å². The molecule has 4 nitrogen and oxygen atoms in total. The molecular weight excluding hydrogens is 248 g/mol. The van der Waals surface area contributed by atoms with E-state index >= 15 is 0 Å². The average Bonchev–Trinajstić information content (AvgIpc) is 2.36. The monoisotopic (exact) mass is 262 g/mol. The third kappa shape index (κ3) is 2.90. The van der Waals surface area contributed by atoms with Crippen LogP contribution in [-0.2, 0) is 0 Å². The summed E-state index contributed by atoms with van der Waals surface area (Å²) in [5, 5.41) is 7.07. The summed E-state index contributed by atoms with van der Waals surface area (Å²) in [6, 6.07) is 5.73. The minimum absolute atomic E-state index is 0.693. The van der Waals surface area contributed by atoms with Crippen LogP contribution in [0.25, 0.3) is 0 Å². The van der Waals surface area contributed by atoms with Gasteiger partial charge in [-0.15, -0.1) is 0 Å². The Morgan fingerprint density at radius 3 is 2.78 bits per heavy atom. The van der Waals surface area contributed by atoms with Gasteiger partial charge < -0.3 is 10.6 Å². The Morgan fingerprint density at radius 2 is 2.00 bits per heavy atom. The van der Waals surface area contributed by atoms with Gasteiger partial charge in [0.25, 0.3) is 0 Å². The third-order valence-electron chi connectivity index (χ3n) is 2.52. The van der Waals surface area contributed by atoms with Gasteiger partial charge in [-0.2, -0.15) is 0 Å². The molecule has 2 aromatic rings. The van der Waals surface area contributed by atoms with Crippen molar-refractivity contribution in [3.8, 4) is 0 Å². The van der Waals surface area contributed by atoms with Gasteiger partial charge >= 0.3 is 0 Å². The number of nitrogens with one attached hydrogen (secondary N) is 2. The number of rotatable bonds is 4. The van der Waals surface area contributed by atoms with Crippen LogP contribution < -0.4 is 10.6 Å². The Kier molecular flexibility index (Phi) is 3.99. The molecule has 18 heavy (non-hydrogen) atoms. The lowest BCUT2D eigenvalue weighted by Crippen LogP contribution is -2.03. The SMILES string of the molecule is CCNc1cncc(Nc2cccc(Cl)c2C)n1. The lowest BCUT2D eigenvalue weighted by molar-refractivity contribution is 1.12. The van der Waals surface area contributed by atoms with Gasteiger partial charge in [0.15, 0.2) is 5.82 Å². The first-order valence-corrected chi connectivity index (χ1v) is 6.16. The van der Waals surface area contributed by atoms with Gasteiger partial charge in [-0.05, 0) is 31.5 Å². The van der Waals surface area contributed by atoms with Gasteiger partial charge in [-0.25, -0.2) is 4.98 Å². The van der Waals surface area contributed by atoms with E-state index in [2.05, 4.69) is 20.6 Å². The van der Waals surface area contributed by atoms with Gasteiger partial charge in [0.2, 0.25) is 0 Å². The zero-order valence-electron chi connectivity index (χ0n) is 10.4. The van der Waals surface area contributed by atoms with E-state index in [1.807, 2.05) is 32.0 Å². The van der Waals surface area contributed by atoms with Gasteiger partial charge in [-0.3, -0.25) is 4.98 Å². The first kappa shape index (κ1) is 12.6. The number of halogens is 1. The van der Waals surface area contributed by atoms with E-state index in [4.69, 9.17) is 11.6 Å². The smallest absolute Gasteiger partial charge is 0.151 e. The van der Waals surface area contributed by atoms with Gasteiger partial charge in [0.1, 0.15) is 5.82 Å². The normalized spacial score (nSPS) is 10.2. The summed E-state index contributed by atoms with van der Waals surface area (Å²) in [5.74, 6) is 1.45. The number of nitrogens with zero attached hydrogens (tertiary/aromatic N) is 2. The van der Waals surface area contributed by atoms with Crippen LogP contribution in [0.1, 0.15) is 12.5 Å². The molecule has 0 saturated heterocycles. The van der Waals surface area contributed by atoms with Crippen LogP contribution in [0.3, 0.4) is 0 Å². The van der Waals surface area contributed by atoms with E-state index in [1.165, 1.54) is 0 Å². The molecule has 1 heterocycles. The van der Waals surface area contributed by atoms with Crippen LogP contribution in [0.2, 0.25) is 5.02 Å². The Balaban J connectivity index is 2.23. The predicted molar refractivity (Wildman–Crippen MR) is 75.7 cm³/mol. The summed E-state index contributed by atoms with van der Waals surface area (Å²) in [7, 11) is 0. The number of aromatic nitrogens is 2. The van der Waals surface area contributed by atoms with E-state index in [0.717, 1.165) is 28.6 Å². The Bertz CT molecular complexity index is 542. The van der Waals surface area contributed by atoms with Crippen molar-refractivity contribution in [2.24, 2.45) is 0 Å². The van der Waals surface area contributed by atoms with Gasteiger partial charge in [0.05, 0.1) is 12.4 Å². The van der Waals surface area contributed by atoms with Crippen LogP contribution >= 0.6 is 11.6 Å². The lowest BCUT2D eigenvalue weighted by Gasteiger charge is -2.10. The van der Waals surface area contributed by atoms with E-state index in [1.54, 1.807) is 12.4 Å². The Hall–Kier alpha value is -1.81. The maximum absolute atomic E-state index is 6.07. The van der Waals surface area contributed by atoms with Crippen molar-refractivity contribution in [1.82, 2.24) is 9.97 Å². The predicted octanol–water partition coefficient (Wildman–Crippen LogP) is 3.61. The van der Waals surface area contributed by atoms with Crippen molar-refractivity contribution in [2.75, 3.05) is 17.2 Å². The zero-order chi connectivity index (χ0) is 13.0. The molecule has 0 amide bonds. The van der Waals surface area contributed by atoms with Crippen molar-refractivity contribution < 1.29 is 0 Å². The molecule has 1 aromatic carbocycles. The highest BCUT2D eigenvalue weighted by Crippen LogP contribution is 2.25. The standard InChI is InChI=1S/C13H15ClN4/c1-3-16-12-7-15-8-13(18-12)17-11-6-4-5-10(14)9(11)2/h4-8H,3H2,1-2H3,(H2,16,17,18). The van der Waals surface area contributed by atoms with Crippen molar-refractivity contribution >= 4 is 28.9 Å². The topological polar surface area (TPSA) is 49.8 Å². The van der Waals surface area contributed by atoms with E-state index in [-0.39, 0.29) is 0 Å².